The molecular formula is C19H22N2O3. The predicted molar refractivity (Wildman–Crippen MR) is 94.1 cm³/mol. The van der Waals surface area contributed by atoms with E-state index < -0.39 is 0 Å². The van der Waals surface area contributed by atoms with Crippen molar-refractivity contribution in [2.75, 3.05) is 25.0 Å². The third kappa shape index (κ3) is 5.61. The molecule has 1 amide bonds. The molecule has 0 aliphatic carbocycles. The number of aliphatic hydroxyl groups excluding tert-OH is 1. The Bertz CT molecular complexity index is 654. The van der Waals surface area contributed by atoms with Gasteiger partial charge in [-0.2, -0.15) is 0 Å². The number of carbonyl (C=O) groups excluding carboxylic acids is 2. The van der Waals surface area contributed by atoms with E-state index in [0.717, 1.165) is 12.8 Å². The lowest BCUT2D eigenvalue weighted by molar-refractivity contribution is -0.115. The van der Waals surface area contributed by atoms with Gasteiger partial charge in [0.2, 0.25) is 5.91 Å². The van der Waals surface area contributed by atoms with E-state index in [1.807, 2.05) is 18.2 Å². The lowest BCUT2D eigenvalue weighted by atomic mass is 10.0. The molecule has 0 saturated heterocycles. The van der Waals surface area contributed by atoms with Crippen LogP contribution in [0.1, 0.15) is 28.8 Å². The van der Waals surface area contributed by atoms with Crippen molar-refractivity contribution in [2.24, 2.45) is 0 Å². The zero-order valence-electron chi connectivity index (χ0n) is 13.5. The summed E-state index contributed by atoms with van der Waals surface area (Å²) in [6.45, 7) is 1.08. The molecule has 126 valence electrons. The van der Waals surface area contributed by atoms with Crippen LogP contribution in [0, 0.1) is 0 Å². The molecular weight excluding hydrogens is 304 g/mol. The largest absolute Gasteiger partial charge is 0.396 e. The third-order valence-corrected chi connectivity index (χ3v) is 3.51. The zero-order valence-corrected chi connectivity index (χ0v) is 13.5. The van der Waals surface area contributed by atoms with Crippen LogP contribution < -0.4 is 10.6 Å². The number of unbranched alkanes of at least 4 members (excludes halogenated alkanes) is 1. The number of rotatable bonds is 9. The molecule has 0 radical (unpaired) electrons. The highest BCUT2D eigenvalue weighted by Gasteiger charge is 2.08. The Morgan fingerprint density at radius 1 is 0.875 bits per heavy atom. The number of aliphatic hydroxyl groups is 1. The number of benzene rings is 2. The Labute approximate surface area is 141 Å². The molecule has 0 bridgehead atoms. The van der Waals surface area contributed by atoms with E-state index in [1.54, 1.807) is 36.4 Å². The van der Waals surface area contributed by atoms with Crippen molar-refractivity contribution in [3.8, 4) is 0 Å². The van der Waals surface area contributed by atoms with Gasteiger partial charge >= 0.3 is 0 Å². The first-order valence-electron chi connectivity index (χ1n) is 8.02. The maximum Gasteiger partial charge on any atom is 0.238 e. The van der Waals surface area contributed by atoms with E-state index in [-0.39, 0.29) is 24.8 Å². The summed E-state index contributed by atoms with van der Waals surface area (Å²) < 4.78 is 0. The Morgan fingerprint density at radius 2 is 1.54 bits per heavy atom. The molecule has 5 heteroatoms. The standard InChI is InChI=1S/C19H22N2O3/c22-13-5-4-12-20-14-18(23)21-17-10-8-16(9-11-17)19(24)15-6-2-1-3-7-15/h1-3,6-11,20,22H,4-5,12-14H2,(H,21,23). The van der Waals surface area contributed by atoms with Crippen LogP contribution in [0.15, 0.2) is 54.6 Å². The number of hydrogen-bond donors (Lipinski definition) is 3. The van der Waals surface area contributed by atoms with Crippen molar-refractivity contribution in [1.82, 2.24) is 5.32 Å². The molecule has 0 aliphatic rings. The van der Waals surface area contributed by atoms with E-state index in [0.29, 0.717) is 23.4 Å². The van der Waals surface area contributed by atoms with Crippen LogP contribution in [0.25, 0.3) is 0 Å². The van der Waals surface area contributed by atoms with Gasteiger partial charge in [-0.15, -0.1) is 0 Å². The van der Waals surface area contributed by atoms with Gasteiger partial charge in [-0.25, -0.2) is 0 Å². The third-order valence-electron chi connectivity index (χ3n) is 3.51. The van der Waals surface area contributed by atoms with E-state index in [4.69, 9.17) is 5.11 Å². The minimum absolute atomic E-state index is 0.0426. The summed E-state index contributed by atoms with van der Waals surface area (Å²) in [5.74, 6) is -0.180. The molecule has 0 atom stereocenters. The Kier molecular flexibility index (Phi) is 7.14. The highest BCUT2D eigenvalue weighted by molar-refractivity contribution is 6.09. The summed E-state index contributed by atoms with van der Waals surface area (Å²) >= 11 is 0. The van der Waals surface area contributed by atoms with Crippen LogP contribution in [-0.4, -0.2) is 36.5 Å². The number of hydrogen-bond acceptors (Lipinski definition) is 4. The number of nitrogens with one attached hydrogen (secondary N) is 2. The summed E-state index contributed by atoms with van der Waals surface area (Å²) in [7, 11) is 0. The monoisotopic (exact) mass is 326 g/mol. The molecule has 5 nitrogen and oxygen atoms in total. The summed E-state index contributed by atoms with van der Waals surface area (Å²) in [5.41, 5.74) is 1.88. The van der Waals surface area contributed by atoms with Gasteiger partial charge in [0.05, 0.1) is 6.54 Å². The summed E-state index contributed by atoms with van der Waals surface area (Å²) in [6.07, 6.45) is 1.56. The highest BCUT2D eigenvalue weighted by Crippen LogP contribution is 2.13. The lowest BCUT2D eigenvalue weighted by Gasteiger charge is -2.07. The van der Waals surface area contributed by atoms with Crippen molar-refractivity contribution >= 4 is 17.4 Å². The van der Waals surface area contributed by atoms with Gasteiger partial charge in [-0.3, -0.25) is 9.59 Å². The molecule has 2 rings (SSSR count). The van der Waals surface area contributed by atoms with Crippen LogP contribution >= 0.6 is 0 Å². The second kappa shape index (κ2) is 9.60. The Morgan fingerprint density at radius 3 is 2.21 bits per heavy atom. The Balaban J connectivity index is 1.83. The number of ketones is 1. The van der Waals surface area contributed by atoms with E-state index in [2.05, 4.69) is 10.6 Å². The molecule has 0 fully saturated rings. The summed E-state index contributed by atoms with van der Waals surface area (Å²) in [6, 6.07) is 15.9. The molecule has 0 aliphatic heterocycles. The van der Waals surface area contributed by atoms with Crippen LogP contribution in [0.2, 0.25) is 0 Å². The first kappa shape index (κ1) is 17.8. The first-order chi connectivity index (χ1) is 11.7. The fraction of sp³-hybridized carbons (Fsp3) is 0.263. The SMILES string of the molecule is O=C(CNCCCCO)Nc1ccc(C(=O)c2ccccc2)cc1. The first-order valence-corrected chi connectivity index (χ1v) is 8.02. The van der Waals surface area contributed by atoms with Gasteiger partial charge in [0.15, 0.2) is 5.78 Å². The molecule has 0 heterocycles. The van der Waals surface area contributed by atoms with Crippen LogP contribution in [0.4, 0.5) is 5.69 Å². The van der Waals surface area contributed by atoms with Gasteiger partial charge in [0, 0.05) is 23.4 Å². The van der Waals surface area contributed by atoms with Gasteiger partial charge in [0.1, 0.15) is 0 Å². The number of carbonyl (C=O) groups is 2. The van der Waals surface area contributed by atoms with Crippen molar-refractivity contribution in [1.29, 1.82) is 0 Å². The maximum atomic E-state index is 12.3. The van der Waals surface area contributed by atoms with Crippen molar-refractivity contribution in [2.45, 2.75) is 12.8 Å². The van der Waals surface area contributed by atoms with E-state index in [1.165, 1.54) is 0 Å². The van der Waals surface area contributed by atoms with Crippen molar-refractivity contribution in [3.63, 3.8) is 0 Å². The zero-order chi connectivity index (χ0) is 17.2. The van der Waals surface area contributed by atoms with Crippen LogP contribution in [0.5, 0.6) is 0 Å². The van der Waals surface area contributed by atoms with E-state index in [9.17, 15) is 9.59 Å². The van der Waals surface area contributed by atoms with Gasteiger partial charge in [-0.1, -0.05) is 30.3 Å². The van der Waals surface area contributed by atoms with Crippen molar-refractivity contribution < 1.29 is 14.7 Å². The molecule has 0 spiro atoms. The van der Waals surface area contributed by atoms with Gasteiger partial charge < -0.3 is 15.7 Å². The number of anilines is 1. The lowest BCUT2D eigenvalue weighted by Crippen LogP contribution is -2.28. The minimum atomic E-state index is -0.138. The van der Waals surface area contributed by atoms with Crippen LogP contribution in [-0.2, 0) is 4.79 Å². The smallest absolute Gasteiger partial charge is 0.238 e. The fourth-order valence-corrected chi connectivity index (χ4v) is 2.23. The second-order valence-electron chi connectivity index (χ2n) is 5.43. The molecule has 0 saturated carbocycles. The minimum Gasteiger partial charge on any atom is -0.396 e. The van der Waals surface area contributed by atoms with Crippen LogP contribution in [0.3, 0.4) is 0 Å². The molecule has 2 aromatic rings. The summed E-state index contributed by atoms with van der Waals surface area (Å²) in [4.78, 5) is 24.1. The maximum absolute atomic E-state index is 12.3. The fourth-order valence-electron chi connectivity index (χ4n) is 2.23. The normalized spacial score (nSPS) is 10.4. The topological polar surface area (TPSA) is 78.4 Å². The number of amides is 1. The second-order valence-corrected chi connectivity index (χ2v) is 5.43. The van der Waals surface area contributed by atoms with Gasteiger partial charge in [0.25, 0.3) is 0 Å². The Hall–Kier alpha value is -2.50. The molecule has 24 heavy (non-hydrogen) atoms. The predicted octanol–water partition coefficient (Wildman–Crippen LogP) is 2.22. The summed E-state index contributed by atoms with van der Waals surface area (Å²) in [5, 5.41) is 14.5. The quantitative estimate of drug-likeness (QED) is 0.488. The molecule has 2 aromatic carbocycles. The van der Waals surface area contributed by atoms with Crippen molar-refractivity contribution in [3.05, 3.63) is 65.7 Å². The molecule has 0 aromatic heterocycles. The van der Waals surface area contributed by atoms with E-state index >= 15 is 0 Å². The average Bonchev–Trinajstić information content (AvgIpc) is 2.62. The molecule has 0 unspecified atom stereocenters. The van der Waals surface area contributed by atoms with Gasteiger partial charge in [-0.05, 0) is 43.7 Å². The highest BCUT2D eigenvalue weighted by atomic mass is 16.3. The molecule has 3 N–H and O–H groups in total. The average molecular weight is 326 g/mol.